The summed E-state index contributed by atoms with van der Waals surface area (Å²) in [5.74, 6) is -0.686. The van der Waals surface area contributed by atoms with Gasteiger partial charge in [-0.1, -0.05) is 69.9 Å². The molecule has 0 aromatic carbocycles. The fourth-order valence-corrected chi connectivity index (χ4v) is 6.95. The molecule has 1 saturated carbocycles. The van der Waals surface area contributed by atoms with Crippen LogP contribution in [-0.2, 0) is 14.3 Å². The second-order valence-electron chi connectivity index (χ2n) is 14.1. The molecule has 2 aliphatic heterocycles. The second-order valence-corrected chi connectivity index (χ2v) is 14.1. The number of cyclic esters (lactones) is 1. The molecule has 3 heterocycles. The van der Waals surface area contributed by atoms with E-state index in [1.807, 2.05) is 56.4 Å². The van der Waals surface area contributed by atoms with Crippen LogP contribution in [0.4, 0.5) is 4.79 Å². The Hall–Kier alpha value is -3.01. The number of aromatic nitrogens is 1. The van der Waals surface area contributed by atoms with E-state index >= 15 is 0 Å². The van der Waals surface area contributed by atoms with Gasteiger partial charge in [0.05, 0.1) is 12.5 Å². The number of aliphatic hydroxyl groups excluding tert-OH is 1. The van der Waals surface area contributed by atoms with Crippen molar-refractivity contribution < 1.29 is 29.3 Å². The quantitative estimate of drug-likeness (QED) is 0.159. The predicted octanol–water partition coefficient (Wildman–Crippen LogP) is 6.32. The van der Waals surface area contributed by atoms with Gasteiger partial charge in [-0.25, -0.2) is 4.79 Å². The molecule has 1 aliphatic carbocycles. The normalized spacial score (nSPS) is 31.1. The number of rotatable bonds is 6. The van der Waals surface area contributed by atoms with Gasteiger partial charge < -0.3 is 24.6 Å². The van der Waals surface area contributed by atoms with E-state index < -0.39 is 36.0 Å². The second kappa shape index (κ2) is 17.9. The highest BCUT2D eigenvalue weighted by atomic mass is 16.6. The fraction of sp³-hybridized carbons (Fsp3) is 0.658. The van der Waals surface area contributed by atoms with Gasteiger partial charge in [0.25, 0.3) is 0 Å². The lowest BCUT2D eigenvalue weighted by molar-refractivity contribution is -0.151. The summed E-state index contributed by atoms with van der Waals surface area (Å²) in [6.45, 7) is 10.6. The van der Waals surface area contributed by atoms with Crippen LogP contribution in [0.25, 0.3) is 0 Å². The Kier molecular flexibility index (Phi) is 14.1. The van der Waals surface area contributed by atoms with Gasteiger partial charge in [-0.15, -0.1) is 0 Å². The summed E-state index contributed by atoms with van der Waals surface area (Å²) < 4.78 is 12.0. The van der Waals surface area contributed by atoms with E-state index in [2.05, 4.69) is 16.8 Å². The van der Waals surface area contributed by atoms with Crippen molar-refractivity contribution in [3.63, 3.8) is 0 Å². The predicted molar refractivity (Wildman–Crippen MR) is 184 cm³/mol. The molecule has 47 heavy (non-hydrogen) atoms. The highest BCUT2D eigenvalue weighted by molar-refractivity contribution is 5.70. The van der Waals surface area contributed by atoms with E-state index in [1.54, 1.807) is 24.1 Å². The Balaban J connectivity index is 1.47. The molecular formula is C38H57N3O6. The summed E-state index contributed by atoms with van der Waals surface area (Å²) in [4.78, 5) is 35.2. The maximum absolute atomic E-state index is 13.6. The van der Waals surface area contributed by atoms with Crippen LogP contribution in [0.3, 0.4) is 0 Å². The summed E-state index contributed by atoms with van der Waals surface area (Å²) in [5, 5.41) is 22.2. The van der Waals surface area contributed by atoms with Gasteiger partial charge in [-0.2, -0.15) is 0 Å². The maximum atomic E-state index is 13.6. The Morgan fingerprint density at radius 3 is 2.57 bits per heavy atom. The van der Waals surface area contributed by atoms with Crippen molar-refractivity contribution in [2.24, 2.45) is 5.92 Å². The highest BCUT2D eigenvalue weighted by Crippen LogP contribution is 2.28. The van der Waals surface area contributed by atoms with Crippen LogP contribution in [0, 0.1) is 5.92 Å². The minimum absolute atomic E-state index is 0.105. The molecule has 3 aliphatic rings. The average molecular weight is 652 g/mol. The molecule has 9 nitrogen and oxygen atoms in total. The number of carbonyl (C=O) groups is 2. The standard InChI is InChI=1S/C38H57N3O6/c1-28(33-17-9-10-22-39-33)13-11-14-29(2)36-30(3)18-19-34(38(4,45)21-20-32(42)27-35(43)47-36)46-37(44)41-24-12-23-40(25-26-41)31-15-7-5-6-8-16-31/h9-11,13-14,17-19,22,28,30-32,34,36,42,45H,5-8,12,15-16,20-21,23-27H2,1-4H3/b13-11+,19-18+,29-14+/t28-,30+,32-,34+,36-,38-/m1/s1. The van der Waals surface area contributed by atoms with Crippen LogP contribution in [0.1, 0.15) is 104 Å². The zero-order valence-electron chi connectivity index (χ0n) is 28.9. The summed E-state index contributed by atoms with van der Waals surface area (Å²) in [5.41, 5.74) is 0.343. The lowest BCUT2D eigenvalue weighted by Crippen LogP contribution is -2.46. The molecule has 0 spiro atoms. The Bertz CT molecular complexity index is 1220. The zero-order chi connectivity index (χ0) is 33.8. The molecule has 2 fully saturated rings. The van der Waals surface area contributed by atoms with Gasteiger partial charge in [0.2, 0.25) is 0 Å². The van der Waals surface area contributed by atoms with Crippen molar-refractivity contribution in [3.8, 4) is 0 Å². The fourth-order valence-electron chi connectivity index (χ4n) is 6.95. The number of nitrogens with zero attached hydrogens (tertiary/aromatic N) is 3. The minimum Gasteiger partial charge on any atom is -0.457 e. The number of esters is 1. The lowest BCUT2D eigenvalue weighted by atomic mass is 9.88. The largest absolute Gasteiger partial charge is 0.457 e. The van der Waals surface area contributed by atoms with Crippen LogP contribution in [0.2, 0.25) is 0 Å². The summed E-state index contributed by atoms with van der Waals surface area (Å²) >= 11 is 0. The van der Waals surface area contributed by atoms with Crippen molar-refractivity contribution in [2.75, 3.05) is 26.2 Å². The van der Waals surface area contributed by atoms with Crippen LogP contribution >= 0.6 is 0 Å². The van der Waals surface area contributed by atoms with Crippen molar-refractivity contribution >= 4 is 12.1 Å². The number of allylic oxidation sites excluding steroid dienone is 3. The van der Waals surface area contributed by atoms with Gasteiger partial charge in [-0.05, 0) is 69.7 Å². The number of hydrogen-bond donors (Lipinski definition) is 2. The molecule has 1 aromatic rings. The molecule has 1 aromatic heterocycles. The summed E-state index contributed by atoms with van der Waals surface area (Å²) in [6.07, 6.45) is 16.9. The summed E-state index contributed by atoms with van der Waals surface area (Å²) in [7, 11) is 0. The number of aliphatic hydroxyl groups is 2. The van der Waals surface area contributed by atoms with E-state index in [1.165, 1.54) is 38.5 Å². The van der Waals surface area contributed by atoms with Crippen LogP contribution in [-0.4, -0.2) is 93.2 Å². The maximum Gasteiger partial charge on any atom is 0.410 e. The average Bonchev–Trinajstić information content (AvgIpc) is 3.48. The Labute approximate surface area is 281 Å². The Morgan fingerprint density at radius 1 is 1.09 bits per heavy atom. The SMILES string of the molecule is C/C(=C\C=C\[C@@H](C)c1ccccn1)[C@H]1OC(=O)C[C@H](O)CC[C@@](C)(O)[C@@H](OC(=O)N2CCCN(C3CCCCCC3)CC2)/C=C/[C@@H]1C. The van der Waals surface area contributed by atoms with Gasteiger partial charge in [-0.3, -0.25) is 14.7 Å². The molecule has 6 atom stereocenters. The smallest absolute Gasteiger partial charge is 0.410 e. The number of pyridine rings is 1. The van der Waals surface area contributed by atoms with Crippen molar-refractivity contribution in [2.45, 2.75) is 128 Å². The molecule has 0 bridgehead atoms. The molecule has 0 unspecified atom stereocenters. The first-order valence-corrected chi connectivity index (χ1v) is 17.8. The summed E-state index contributed by atoms with van der Waals surface area (Å²) in [6, 6.07) is 6.43. The van der Waals surface area contributed by atoms with E-state index in [0.29, 0.717) is 19.1 Å². The first kappa shape index (κ1) is 36.8. The first-order valence-electron chi connectivity index (χ1n) is 17.8. The third-order valence-electron chi connectivity index (χ3n) is 10.0. The van der Waals surface area contributed by atoms with E-state index in [9.17, 15) is 19.8 Å². The lowest BCUT2D eigenvalue weighted by Gasteiger charge is -2.34. The van der Waals surface area contributed by atoms with E-state index in [0.717, 1.165) is 30.8 Å². The molecule has 9 heteroatoms. The highest BCUT2D eigenvalue weighted by Gasteiger charge is 2.37. The third kappa shape index (κ3) is 11.3. The monoisotopic (exact) mass is 651 g/mol. The molecular weight excluding hydrogens is 594 g/mol. The first-order chi connectivity index (χ1) is 22.5. The minimum atomic E-state index is -1.45. The molecule has 0 radical (unpaired) electrons. The van der Waals surface area contributed by atoms with Crippen LogP contribution in [0.5, 0.6) is 0 Å². The van der Waals surface area contributed by atoms with Gasteiger partial charge >= 0.3 is 12.1 Å². The van der Waals surface area contributed by atoms with Crippen molar-refractivity contribution in [1.29, 1.82) is 0 Å². The molecule has 260 valence electrons. The van der Waals surface area contributed by atoms with Crippen LogP contribution < -0.4 is 0 Å². The number of carbonyl (C=O) groups excluding carboxylic acids is 2. The third-order valence-corrected chi connectivity index (χ3v) is 10.0. The number of ether oxygens (including phenoxy) is 2. The van der Waals surface area contributed by atoms with Gasteiger partial charge in [0.1, 0.15) is 11.7 Å². The Morgan fingerprint density at radius 2 is 1.85 bits per heavy atom. The molecule has 2 N–H and O–H groups in total. The number of hydrogen-bond acceptors (Lipinski definition) is 8. The van der Waals surface area contributed by atoms with Gasteiger partial charge in [0.15, 0.2) is 6.10 Å². The molecule has 4 rings (SSSR count). The van der Waals surface area contributed by atoms with Gasteiger partial charge in [0, 0.05) is 55.9 Å². The topological polar surface area (TPSA) is 112 Å². The molecule has 1 amide bonds. The van der Waals surface area contributed by atoms with E-state index in [-0.39, 0.29) is 31.1 Å². The van der Waals surface area contributed by atoms with Crippen LogP contribution in [0.15, 0.2) is 60.3 Å². The zero-order valence-corrected chi connectivity index (χ0v) is 28.9. The van der Waals surface area contributed by atoms with E-state index in [4.69, 9.17) is 9.47 Å². The van der Waals surface area contributed by atoms with Crippen molar-refractivity contribution in [1.82, 2.24) is 14.8 Å². The molecule has 1 saturated heterocycles. The van der Waals surface area contributed by atoms with Crippen molar-refractivity contribution in [3.05, 3.63) is 66.0 Å². The number of amides is 1.